The summed E-state index contributed by atoms with van der Waals surface area (Å²) in [5.74, 6) is 2.24. The highest BCUT2D eigenvalue weighted by molar-refractivity contribution is 5.53. The van der Waals surface area contributed by atoms with E-state index in [4.69, 9.17) is 14.9 Å². The molecule has 2 aromatic heterocycles. The summed E-state index contributed by atoms with van der Waals surface area (Å²) in [5, 5.41) is 0. The third-order valence-electron chi connectivity index (χ3n) is 2.76. The minimum atomic E-state index is -0.205. The third kappa shape index (κ3) is 3.32. The molecule has 5 nitrogen and oxygen atoms in total. The molecule has 0 aliphatic rings. The lowest BCUT2D eigenvalue weighted by molar-refractivity contribution is 0.390. The van der Waals surface area contributed by atoms with Crippen LogP contribution in [-0.2, 0) is 0 Å². The zero-order valence-electron chi connectivity index (χ0n) is 11.5. The van der Waals surface area contributed by atoms with Gasteiger partial charge in [0.1, 0.15) is 11.5 Å². The molecule has 1 unspecified atom stereocenters. The molecule has 0 saturated heterocycles. The SMILES string of the molecule is COc1cc(-c2ccco2)nc(C(N)CC(C)C)n1. The summed E-state index contributed by atoms with van der Waals surface area (Å²) < 4.78 is 10.5. The van der Waals surface area contributed by atoms with Crippen LogP contribution in [0.1, 0.15) is 32.1 Å². The van der Waals surface area contributed by atoms with E-state index in [9.17, 15) is 0 Å². The van der Waals surface area contributed by atoms with Crippen molar-refractivity contribution in [1.29, 1.82) is 0 Å². The van der Waals surface area contributed by atoms with Crippen LogP contribution < -0.4 is 10.5 Å². The molecular weight excluding hydrogens is 242 g/mol. The summed E-state index contributed by atoms with van der Waals surface area (Å²) in [4.78, 5) is 8.78. The number of rotatable bonds is 5. The lowest BCUT2D eigenvalue weighted by Gasteiger charge is -2.14. The Labute approximate surface area is 112 Å². The van der Waals surface area contributed by atoms with Crippen LogP contribution in [0, 0.1) is 5.92 Å². The predicted molar refractivity (Wildman–Crippen MR) is 72.7 cm³/mol. The first-order valence-corrected chi connectivity index (χ1v) is 6.32. The lowest BCUT2D eigenvalue weighted by Crippen LogP contribution is -2.17. The van der Waals surface area contributed by atoms with Crippen LogP contribution in [0.4, 0.5) is 0 Å². The van der Waals surface area contributed by atoms with Crippen molar-refractivity contribution in [1.82, 2.24) is 9.97 Å². The first kappa shape index (κ1) is 13.5. The Balaban J connectivity index is 2.36. The average molecular weight is 261 g/mol. The highest BCUT2D eigenvalue weighted by Crippen LogP contribution is 2.24. The van der Waals surface area contributed by atoms with Crippen molar-refractivity contribution in [3.8, 4) is 17.3 Å². The fraction of sp³-hybridized carbons (Fsp3) is 0.429. The van der Waals surface area contributed by atoms with Gasteiger partial charge in [0.05, 0.1) is 19.4 Å². The Bertz CT molecular complexity index is 523. The van der Waals surface area contributed by atoms with Gasteiger partial charge in [-0.15, -0.1) is 0 Å². The van der Waals surface area contributed by atoms with Crippen LogP contribution in [-0.4, -0.2) is 17.1 Å². The van der Waals surface area contributed by atoms with Crippen LogP contribution in [0.25, 0.3) is 11.5 Å². The summed E-state index contributed by atoms with van der Waals surface area (Å²) in [6.45, 7) is 4.24. The minimum absolute atomic E-state index is 0.205. The zero-order chi connectivity index (χ0) is 13.8. The van der Waals surface area contributed by atoms with Gasteiger partial charge in [-0.25, -0.2) is 4.98 Å². The van der Waals surface area contributed by atoms with E-state index in [-0.39, 0.29) is 6.04 Å². The fourth-order valence-corrected chi connectivity index (χ4v) is 1.88. The number of furan rings is 1. The van der Waals surface area contributed by atoms with Crippen molar-refractivity contribution >= 4 is 0 Å². The second kappa shape index (κ2) is 5.84. The maximum atomic E-state index is 6.13. The van der Waals surface area contributed by atoms with E-state index in [0.29, 0.717) is 29.1 Å². The number of nitrogens with two attached hydrogens (primary N) is 1. The van der Waals surface area contributed by atoms with Crippen LogP contribution in [0.3, 0.4) is 0 Å². The van der Waals surface area contributed by atoms with E-state index in [1.165, 1.54) is 0 Å². The summed E-state index contributed by atoms with van der Waals surface area (Å²) in [7, 11) is 1.58. The molecule has 0 amide bonds. The van der Waals surface area contributed by atoms with Gasteiger partial charge in [-0.1, -0.05) is 13.8 Å². The van der Waals surface area contributed by atoms with Gasteiger partial charge in [-0.3, -0.25) is 0 Å². The summed E-state index contributed by atoms with van der Waals surface area (Å²) in [5.41, 5.74) is 6.82. The second-order valence-corrected chi connectivity index (χ2v) is 4.87. The Morgan fingerprint density at radius 2 is 2.16 bits per heavy atom. The second-order valence-electron chi connectivity index (χ2n) is 4.87. The molecule has 0 spiro atoms. The van der Waals surface area contributed by atoms with Gasteiger partial charge in [0.25, 0.3) is 0 Å². The average Bonchev–Trinajstić information content (AvgIpc) is 2.91. The van der Waals surface area contributed by atoms with E-state index >= 15 is 0 Å². The Morgan fingerprint density at radius 1 is 1.37 bits per heavy atom. The molecule has 0 bridgehead atoms. The van der Waals surface area contributed by atoms with E-state index in [2.05, 4.69) is 23.8 Å². The maximum absolute atomic E-state index is 6.13. The Morgan fingerprint density at radius 3 is 2.74 bits per heavy atom. The molecule has 2 aromatic rings. The van der Waals surface area contributed by atoms with Gasteiger partial charge in [0.15, 0.2) is 5.76 Å². The Kier molecular flexibility index (Phi) is 4.16. The topological polar surface area (TPSA) is 74.2 Å². The molecule has 19 heavy (non-hydrogen) atoms. The van der Waals surface area contributed by atoms with Crippen molar-refractivity contribution in [3.05, 3.63) is 30.3 Å². The van der Waals surface area contributed by atoms with Crippen molar-refractivity contribution in [2.75, 3.05) is 7.11 Å². The van der Waals surface area contributed by atoms with Crippen LogP contribution in [0.2, 0.25) is 0 Å². The Hall–Kier alpha value is -1.88. The molecule has 0 radical (unpaired) electrons. The molecule has 2 N–H and O–H groups in total. The molecule has 5 heteroatoms. The summed E-state index contributed by atoms with van der Waals surface area (Å²) >= 11 is 0. The van der Waals surface area contributed by atoms with Crippen molar-refractivity contribution in [2.45, 2.75) is 26.3 Å². The highest BCUT2D eigenvalue weighted by atomic mass is 16.5. The van der Waals surface area contributed by atoms with Gasteiger partial charge in [0.2, 0.25) is 5.88 Å². The first-order valence-electron chi connectivity index (χ1n) is 6.32. The molecule has 0 aliphatic carbocycles. The number of aromatic nitrogens is 2. The number of hydrogen-bond acceptors (Lipinski definition) is 5. The van der Waals surface area contributed by atoms with Gasteiger partial charge in [-0.05, 0) is 24.5 Å². The van der Waals surface area contributed by atoms with Gasteiger partial charge in [0, 0.05) is 6.07 Å². The van der Waals surface area contributed by atoms with Crippen molar-refractivity contribution in [2.24, 2.45) is 11.7 Å². The number of ether oxygens (including phenoxy) is 1. The predicted octanol–water partition coefficient (Wildman–Crippen LogP) is 2.79. The number of hydrogen-bond donors (Lipinski definition) is 1. The van der Waals surface area contributed by atoms with E-state index in [0.717, 1.165) is 6.42 Å². The monoisotopic (exact) mass is 261 g/mol. The normalized spacial score (nSPS) is 12.7. The quantitative estimate of drug-likeness (QED) is 0.895. The van der Waals surface area contributed by atoms with Crippen LogP contribution >= 0.6 is 0 Å². The van der Waals surface area contributed by atoms with Crippen LogP contribution in [0.5, 0.6) is 5.88 Å². The van der Waals surface area contributed by atoms with Gasteiger partial charge in [-0.2, -0.15) is 4.98 Å². The van der Waals surface area contributed by atoms with E-state index in [1.54, 1.807) is 19.4 Å². The third-order valence-corrected chi connectivity index (χ3v) is 2.76. The summed E-state index contributed by atoms with van der Waals surface area (Å²) in [6.07, 6.45) is 2.43. The summed E-state index contributed by atoms with van der Waals surface area (Å²) in [6, 6.07) is 5.20. The molecule has 0 saturated carbocycles. The van der Waals surface area contributed by atoms with E-state index < -0.39 is 0 Å². The van der Waals surface area contributed by atoms with Gasteiger partial charge >= 0.3 is 0 Å². The van der Waals surface area contributed by atoms with Crippen molar-refractivity contribution < 1.29 is 9.15 Å². The molecule has 1 atom stereocenters. The zero-order valence-corrected chi connectivity index (χ0v) is 11.5. The smallest absolute Gasteiger partial charge is 0.217 e. The molecule has 0 fully saturated rings. The first-order chi connectivity index (χ1) is 9.10. The van der Waals surface area contributed by atoms with Crippen molar-refractivity contribution in [3.63, 3.8) is 0 Å². The molecular formula is C14H19N3O2. The number of methoxy groups -OCH3 is 1. The number of nitrogens with zero attached hydrogens (tertiary/aromatic N) is 2. The lowest BCUT2D eigenvalue weighted by atomic mass is 10.0. The van der Waals surface area contributed by atoms with Gasteiger partial charge < -0.3 is 14.9 Å². The van der Waals surface area contributed by atoms with Crippen LogP contribution in [0.15, 0.2) is 28.9 Å². The molecule has 102 valence electrons. The fourth-order valence-electron chi connectivity index (χ4n) is 1.88. The highest BCUT2D eigenvalue weighted by Gasteiger charge is 2.15. The molecule has 0 aromatic carbocycles. The molecule has 0 aliphatic heterocycles. The van der Waals surface area contributed by atoms with E-state index in [1.807, 2.05) is 12.1 Å². The molecule has 2 rings (SSSR count). The minimum Gasteiger partial charge on any atom is -0.481 e. The maximum Gasteiger partial charge on any atom is 0.217 e. The largest absolute Gasteiger partial charge is 0.481 e. The molecule has 2 heterocycles. The standard InChI is InChI=1S/C14H19N3O2/c1-9(2)7-10(15)14-16-11(8-13(17-14)18-3)12-5-4-6-19-12/h4-6,8-10H,7,15H2,1-3H3.